The molecule has 5 nitrogen and oxygen atoms in total. The van der Waals surface area contributed by atoms with E-state index in [0.717, 1.165) is 6.07 Å². The summed E-state index contributed by atoms with van der Waals surface area (Å²) < 4.78 is 37.8. The zero-order chi connectivity index (χ0) is 14.8. The van der Waals surface area contributed by atoms with E-state index in [1.165, 1.54) is 6.07 Å². The van der Waals surface area contributed by atoms with E-state index in [4.69, 9.17) is 11.0 Å². The van der Waals surface area contributed by atoms with Gasteiger partial charge in [-0.1, -0.05) is 6.07 Å². The third-order valence-corrected chi connectivity index (χ3v) is 2.30. The topological polar surface area (TPSA) is 87.6 Å². The highest BCUT2D eigenvalue weighted by Crippen LogP contribution is 2.30. The van der Waals surface area contributed by atoms with Crippen LogP contribution in [0, 0.1) is 11.3 Å². The summed E-state index contributed by atoms with van der Waals surface area (Å²) in [6.45, 7) is 0. The van der Waals surface area contributed by atoms with E-state index < -0.39 is 17.8 Å². The number of hydrogen-bond acceptors (Lipinski definition) is 5. The van der Waals surface area contributed by atoms with Crippen LogP contribution in [0.2, 0.25) is 0 Å². The van der Waals surface area contributed by atoms with Gasteiger partial charge in [-0.25, -0.2) is 4.98 Å². The summed E-state index contributed by atoms with van der Waals surface area (Å²) in [7, 11) is 0. The standard InChI is InChI=1S/C12H8F3N5/c13-12(14,15)9-5-10(20-11(17)19-9)18-8-3-1-2-7(4-8)6-16/h1-5H,(H3,17,18,19,20). The molecule has 102 valence electrons. The Morgan fingerprint density at radius 2 is 1.95 bits per heavy atom. The fraction of sp³-hybridized carbons (Fsp3) is 0.0833. The van der Waals surface area contributed by atoms with E-state index in [9.17, 15) is 13.2 Å². The van der Waals surface area contributed by atoms with Crippen molar-refractivity contribution in [3.05, 3.63) is 41.6 Å². The lowest BCUT2D eigenvalue weighted by molar-refractivity contribution is -0.141. The number of halogens is 3. The second kappa shape index (κ2) is 5.05. The van der Waals surface area contributed by atoms with E-state index in [1.54, 1.807) is 18.2 Å². The molecule has 0 amide bonds. The van der Waals surface area contributed by atoms with Crippen molar-refractivity contribution in [2.45, 2.75) is 6.18 Å². The molecule has 0 saturated heterocycles. The van der Waals surface area contributed by atoms with Crippen molar-refractivity contribution < 1.29 is 13.2 Å². The first-order valence-electron chi connectivity index (χ1n) is 5.37. The van der Waals surface area contributed by atoms with Crippen LogP contribution in [0.3, 0.4) is 0 Å². The number of hydrogen-bond donors (Lipinski definition) is 2. The van der Waals surface area contributed by atoms with Gasteiger partial charge in [-0.3, -0.25) is 0 Å². The number of rotatable bonds is 2. The molecule has 0 atom stereocenters. The maximum absolute atomic E-state index is 12.6. The molecule has 20 heavy (non-hydrogen) atoms. The molecule has 2 aromatic rings. The largest absolute Gasteiger partial charge is 0.433 e. The molecule has 3 N–H and O–H groups in total. The molecule has 8 heteroatoms. The smallest absolute Gasteiger partial charge is 0.368 e. The summed E-state index contributed by atoms with van der Waals surface area (Å²) in [6.07, 6.45) is -4.61. The van der Waals surface area contributed by atoms with Gasteiger partial charge in [0.25, 0.3) is 0 Å². The molecule has 1 aromatic carbocycles. The number of nitrogen functional groups attached to an aromatic ring is 1. The Morgan fingerprint density at radius 3 is 2.60 bits per heavy atom. The number of alkyl halides is 3. The number of benzene rings is 1. The van der Waals surface area contributed by atoms with Crippen molar-refractivity contribution in [3.8, 4) is 6.07 Å². The van der Waals surface area contributed by atoms with Gasteiger partial charge < -0.3 is 11.1 Å². The van der Waals surface area contributed by atoms with Gasteiger partial charge in [0.1, 0.15) is 5.82 Å². The lowest BCUT2D eigenvalue weighted by Crippen LogP contribution is -2.12. The maximum atomic E-state index is 12.6. The Hall–Kier alpha value is -2.82. The summed E-state index contributed by atoms with van der Waals surface area (Å²) in [5.74, 6) is -0.585. The first-order valence-corrected chi connectivity index (χ1v) is 5.37. The van der Waals surface area contributed by atoms with Gasteiger partial charge in [0, 0.05) is 11.8 Å². The van der Waals surface area contributed by atoms with Crippen molar-refractivity contribution in [1.82, 2.24) is 9.97 Å². The summed E-state index contributed by atoms with van der Waals surface area (Å²) in [5.41, 5.74) is 4.91. The first kappa shape index (κ1) is 13.6. The summed E-state index contributed by atoms with van der Waals surface area (Å²) in [5, 5.41) is 11.4. The minimum absolute atomic E-state index is 0.0973. The molecule has 0 saturated carbocycles. The van der Waals surface area contributed by atoms with Crippen molar-refractivity contribution >= 4 is 17.5 Å². The van der Waals surface area contributed by atoms with Crippen LogP contribution in [0.1, 0.15) is 11.3 Å². The van der Waals surface area contributed by atoms with Crippen LogP contribution < -0.4 is 11.1 Å². The average molecular weight is 279 g/mol. The molecule has 1 heterocycles. The van der Waals surface area contributed by atoms with Crippen LogP contribution in [0.5, 0.6) is 0 Å². The van der Waals surface area contributed by atoms with E-state index in [-0.39, 0.29) is 5.82 Å². The molecule has 0 aliphatic heterocycles. The third kappa shape index (κ3) is 3.14. The first-order chi connectivity index (χ1) is 9.38. The highest BCUT2D eigenvalue weighted by atomic mass is 19.4. The van der Waals surface area contributed by atoms with Crippen LogP contribution in [0.25, 0.3) is 0 Å². The quantitative estimate of drug-likeness (QED) is 0.882. The zero-order valence-electron chi connectivity index (χ0n) is 9.94. The molecule has 2 rings (SSSR count). The van der Waals surface area contributed by atoms with E-state index in [2.05, 4.69) is 15.3 Å². The highest BCUT2D eigenvalue weighted by Gasteiger charge is 2.33. The maximum Gasteiger partial charge on any atom is 0.433 e. The number of nitrogens with one attached hydrogen (secondary N) is 1. The fourth-order valence-corrected chi connectivity index (χ4v) is 1.49. The number of nitrogens with zero attached hydrogens (tertiary/aromatic N) is 3. The predicted molar refractivity (Wildman–Crippen MR) is 65.9 cm³/mol. The minimum atomic E-state index is -4.61. The zero-order valence-corrected chi connectivity index (χ0v) is 9.94. The average Bonchev–Trinajstić information content (AvgIpc) is 2.37. The molecule has 0 aliphatic carbocycles. The van der Waals surface area contributed by atoms with E-state index in [0.29, 0.717) is 11.3 Å². The van der Waals surface area contributed by atoms with Crippen LogP contribution in [-0.4, -0.2) is 9.97 Å². The van der Waals surface area contributed by atoms with Gasteiger partial charge in [0.15, 0.2) is 5.69 Å². The lowest BCUT2D eigenvalue weighted by Gasteiger charge is -2.10. The Morgan fingerprint density at radius 1 is 1.20 bits per heavy atom. The van der Waals surface area contributed by atoms with Gasteiger partial charge >= 0.3 is 6.18 Å². The number of anilines is 3. The van der Waals surface area contributed by atoms with Crippen molar-refractivity contribution in [2.75, 3.05) is 11.1 Å². The van der Waals surface area contributed by atoms with Crippen LogP contribution >= 0.6 is 0 Å². The molecule has 0 unspecified atom stereocenters. The molecule has 0 radical (unpaired) electrons. The van der Waals surface area contributed by atoms with Crippen molar-refractivity contribution in [2.24, 2.45) is 0 Å². The highest BCUT2D eigenvalue weighted by molar-refractivity contribution is 5.59. The Bertz CT molecular complexity index is 676. The summed E-state index contributed by atoms with van der Waals surface area (Å²) in [4.78, 5) is 6.80. The number of nitrogens with two attached hydrogens (primary N) is 1. The van der Waals surface area contributed by atoms with Crippen LogP contribution in [0.4, 0.5) is 30.6 Å². The SMILES string of the molecule is N#Cc1cccc(Nc2cc(C(F)(F)F)nc(N)n2)c1. The Balaban J connectivity index is 2.34. The Kier molecular flexibility index (Phi) is 3.43. The number of nitriles is 1. The van der Waals surface area contributed by atoms with Gasteiger partial charge in [-0.05, 0) is 18.2 Å². The van der Waals surface area contributed by atoms with Gasteiger partial charge in [0.2, 0.25) is 5.95 Å². The number of aromatic nitrogens is 2. The van der Waals surface area contributed by atoms with Crippen molar-refractivity contribution in [1.29, 1.82) is 5.26 Å². The second-order valence-corrected chi connectivity index (χ2v) is 3.81. The normalized spacial score (nSPS) is 10.9. The van der Waals surface area contributed by atoms with E-state index in [1.807, 2.05) is 6.07 Å². The van der Waals surface area contributed by atoms with Crippen LogP contribution in [0.15, 0.2) is 30.3 Å². The monoisotopic (exact) mass is 279 g/mol. The lowest BCUT2D eigenvalue weighted by atomic mass is 10.2. The Labute approximate surface area is 111 Å². The predicted octanol–water partition coefficient (Wildman–Crippen LogP) is 2.69. The molecular formula is C12H8F3N5. The minimum Gasteiger partial charge on any atom is -0.368 e. The fourth-order valence-electron chi connectivity index (χ4n) is 1.49. The molecule has 0 fully saturated rings. The van der Waals surface area contributed by atoms with Gasteiger partial charge in [-0.15, -0.1) is 0 Å². The summed E-state index contributed by atoms with van der Waals surface area (Å²) >= 11 is 0. The van der Waals surface area contributed by atoms with Crippen LogP contribution in [-0.2, 0) is 6.18 Å². The molecule has 1 aromatic heterocycles. The van der Waals surface area contributed by atoms with Gasteiger partial charge in [-0.2, -0.15) is 23.4 Å². The molecule has 0 bridgehead atoms. The van der Waals surface area contributed by atoms with Crippen molar-refractivity contribution in [3.63, 3.8) is 0 Å². The summed E-state index contributed by atoms with van der Waals surface area (Å²) in [6, 6.07) is 8.90. The van der Waals surface area contributed by atoms with E-state index >= 15 is 0 Å². The second-order valence-electron chi connectivity index (χ2n) is 3.81. The molecular weight excluding hydrogens is 271 g/mol. The molecule has 0 aliphatic rings. The third-order valence-electron chi connectivity index (χ3n) is 2.30. The van der Waals surface area contributed by atoms with Gasteiger partial charge in [0.05, 0.1) is 11.6 Å². The molecule has 0 spiro atoms.